The van der Waals surface area contributed by atoms with Crippen LogP contribution in [0.4, 0.5) is 22.7 Å². The first-order valence-electron chi connectivity index (χ1n) is 12.8. The van der Waals surface area contributed by atoms with Gasteiger partial charge in [-0.25, -0.2) is 4.79 Å². The summed E-state index contributed by atoms with van der Waals surface area (Å²) in [5.74, 6) is 1.94. The maximum atomic E-state index is 10.9. The van der Waals surface area contributed by atoms with Crippen molar-refractivity contribution in [1.82, 2.24) is 0 Å². The van der Waals surface area contributed by atoms with Crippen molar-refractivity contribution in [2.75, 3.05) is 10.6 Å². The highest BCUT2D eigenvalue weighted by atomic mass is 16.4. The van der Waals surface area contributed by atoms with Gasteiger partial charge >= 0.3 is 5.97 Å². The van der Waals surface area contributed by atoms with E-state index in [0.29, 0.717) is 5.41 Å². The third-order valence-electron chi connectivity index (χ3n) is 8.35. The van der Waals surface area contributed by atoms with Gasteiger partial charge in [0.15, 0.2) is 0 Å². The smallest absolute Gasteiger partial charge is 0.328 e. The monoisotopic (exact) mass is 464 g/mol. The van der Waals surface area contributed by atoms with Gasteiger partial charge in [0.2, 0.25) is 0 Å². The van der Waals surface area contributed by atoms with Crippen molar-refractivity contribution in [2.24, 2.45) is 17.8 Å². The molecule has 0 aromatic heterocycles. The number of nitrogens with one attached hydrogen (secondary N) is 2. The van der Waals surface area contributed by atoms with Gasteiger partial charge in [-0.05, 0) is 121 Å². The summed E-state index contributed by atoms with van der Waals surface area (Å²) in [5, 5.41) is 15.8. The summed E-state index contributed by atoms with van der Waals surface area (Å²) in [6.45, 7) is 0. The molecule has 4 heteroatoms. The van der Waals surface area contributed by atoms with Crippen LogP contribution in [0.3, 0.4) is 0 Å². The number of carboxylic acid groups (broad SMARTS) is 1. The molecule has 0 radical (unpaired) electrons. The third-order valence-corrected chi connectivity index (χ3v) is 8.35. The minimum atomic E-state index is -0.957. The zero-order chi connectivity index (χ0) is 23.8. The predicted octanol–water partition coefficient (Wildman–Crippen LogP) is 7.74. The van der Waals surface area contributed by atoms with E-state index in [0.717, 1.165) is 52.1 Å². The van der Waals surface area contributed by atoms with Crippen molar-refractivity contribution < 1.29 is 9.90 Å². The van der Waals surface area contributed by atoms with E-state index in [4.69, 9.17) is 5.11 Å². The summed E-state index contributed by atoms with van der Waals surface area (Å²) < 4.78 is 0. The fourth-order valence-corrected chi connectivity index (χ4v) is 7.25. The lowest BCUT2D eigenvalue weighted by molar-refractivity contribution is -0.131. The molecule has 4 aliphatic rings. The number of rotatable bonds is 7. The molecular formula is C31H32N2O2. The Labute approximate surface area is 207 Å². The topological polar surface area (TPSA) is 61.4 Å². The molecule has 3 aromatic carbocycles. The van der Waals surface area contributed by atoms with Gasteiger partial charge in [-0.2, -0.15) is 0 Å². The number of hydrogen-bond donors (Lipinski definition) is 3. The Morgan fingerprint density at radius 1 is 0.743 bits per heavy atom. The third kappa shape index (κ3) is 4.58. The fraction of sp³-hybridized carbons (Fsp3) is 0.323. The highest BCUT2D eigenvalue weighted by Gasteiger charge is 2.51. The number of aliphatic carboxylic acids is 1. The second kappa shape index (κ2) is 8.92. The Bertz CT molecular complexity index is 1210. The molecule has 35 heavy (non-hydrogen) atoms. The number of anilines is 4. The van der Waals surface area contributed by atoms with E-state index >= 15 is 0 Å². The first-order chi connectivity index (χ1) is 17.0. The van der Waals surface area contributed by atoms with Crippen LogP contribution >= 0.6 is 0 Å². The molecule has 0 atom stereocenters. The van der Waals surface area contributed by atoms with Crippen LogP contribution < -0.4 is 10.6 Å². The van der Waals surface area contributed by atoms with Gasteiger partial charge in [0, 0.05) is 28.8 Å². The molecule has 4 aliphatic carbocycles. The standard InChI is InChI=1S/C31H32N2O2/c34-30(35)14-5-24-3-1-2-4-29(24)33-28-12-10-27(11-13-28)32-26-8-6-25(7-9-26)31-18-21-15-22(19-31)17-23(16-21)20-31/h1-14,21-23,32-33H,15-20H2,(H,34,35)/b14-5+. The maximum Gasteiger partial charge on any atom is 0.328 e. The summed E-state index contributed by atoms with van der Waals surface area (Å²) in [7, 11) is 0. The summed E-state index contributed by atoms with van der Waals surface area (Å²) in [5.41, 5.74) is 6.79. The Morgan fingerprint density at radius 3 is 1.83 bits per heavy atom. The normalized spacial score (nSPS) is 26.7. The first-order valence-corrected chi connectivity index (χ1v) is 12.8. The zero-order valence-electron chi connectivity index (χ0n) is 19.9. The van der Waals surface area contributed by atoms with E-state index in [-0.39, 0.29) is 0 Å². The van der Waals surface area contributed by atoms with Gasteiger partial charge in [0.1, 0.15) is 0 Å². The number of hydrogen-bond acceptors (Lipinski definition) is 3. The molecule has 0 saturated heterocycles. The van der Waals surface area contributed by atoms with Crippen LogP contribution in [-0.4, -0.2) is 11.1 Å². The lowest BCUT2D eigenvalue weighted by atomic mass is 9.48. The van der Waals surface area contributed by atoms with Gasteiger partial charge in [0.25, 0.3) is 0 Å². The van der Waals surface area contributed by atoms with Gasteiger partial charge < -0.3 is 15.7 Å². The van der Waals surface area contributed by atoms with Crippen molar-refractivity contribution >= 4 is 34.8 Å². The number of benzene rings is 3. The molecule has 4 fully saturated rings. The average Bonchev–Trinajstić information content (AvgIpc) is 2.84. The van der Waals surface area contributed by atoms with Crippen LogP contribution in [0.1, 0.15) is 49.7 Å². The molecule has 178 valence electrons. The van der Waals surface area contributed by atoms with Crippen molar-refractivity contribution in [3.63, 3.8) is 0 Å². The summed E-state index contributed by atoms with van der Waals surface area (Å²) >= 11 is 0. The van der Waals surface area contributed by atoms with Crippen LogP contribution in [0.5, 0.6) is 0 Å². The van der Waals surface area contributed by atoms with Crippen LogP contribution in [0.15, 0.2) is 78.9 Å². The quantitative estimate of drug-likeness (QED) is 0.313. The second-order valence-corrected chi connectivity index (χ2v) is 10.9. The van der Waals surface area contributed by atoms with Crippen LogP contribution in [0.2, 0.25) is 0 Å². The largest absolute Gasteiger partial charge is 0.478 e. The second-order valence-electron chi connectivity index (χ2n) is 10.9. The molecule has 3 N–H and O–H groups in total. The van der Waals surface area contributed by atoms with Crippen LogP contribution in [-0.2, 0) is 10.2 Å². The Morgan fingerprint density at radius 2 is 1.26 bits per heavy atom. The van der Waals surface area contributed by atoms with E-state index in [1.165, 1.54) is 38.5 Å². The molecule has 0 aliphatic heterocycles. The van der Waals surface area contributed by atoms with Gasteiger partial charge in [0.05, 0.1) is 0 Å². The molecule has 0 heterocycles. The average molecular weight is 465 g/mol. The first kappa shape index (κ1) is 22.0. The zero-order valence-corrected chi connectivity index (χ0v) is 19.9. The molecule has 4 nitrogen and oxygen atoms in total. The summed E-state index contributed by atoms with van der Waals surface area (Å²) in [4.78, 5) is 10.9. The minimum Gasteiger partial charge on any atom is -0.478 e. The maximum absolute atomic E-state index is 10.9. The van der Waals surface area contributed by atoms with E-state index in [1.807, 2.05) is 36.4 Å². The van der Waals surface area contributed by atoms with E-state index in [9.17, 15) is 4.79 Å². The predicted molar refractivity (Wildman–Crippen MR) is 142 cm³/mol. The van der Waals surface area contributed by atoms with Gasteiger partial charge in [-0.15, -0.1) is 0 Å². The summed E-state index contributed by atoms with van der Waals surface area (Å²) in [6, 6.07) is 25.1. The van der Waals surface area contributed by atoms with Crippen molar-refractivity contribution in [2.45, 2.75) is 43.9 Å². The van der Waals surface area contributed by atoms with Gasteiger partial charge in [-0.3, -0.25) is 0 Å². The molecule has 4 bridgehead atoms. The van der Waals surface area contributed by atoms with Crippen molar-refractivity contribution in [1.29, 1.82) is 0 Å². The van der Waals surface area contributed by atoms with E-state index in [1.54, 1.807) is 11.6 Å². The van der Waals surface area contributed by atoms with Crippen molar-refractivity contribution in [3.05, 3.63) is 90.0 Å². The molecule has 0 spiro atoms. The molecule has 0 unspecified atom stereocenters. The minimum absolute atomic E-state index is 0.441. The lowest BCUT2D eigenvalue weighted by Crippen LogP contribution is -2.48. The number of para-hydroxylation sites is 1. The molecular weight excluding hydrogens is 432 g/mol. The summed E-state index contributed by atoms with van der Waals surface area (Å²) in [6.07, 6.45) is 11.4. The highest BCUT2D eigenvalue weighted by molar-refractivity contribution is 5.87. The highest BCUT2D eigenvalue weighted by Crippen LogP contribution is 2.60. The van der Waals surface area contributed by atoms with E-state index in [2.05, 4.69) is 47.0 Å². The van der Waals surface area contributed by atoms with Crippen LogP contribution in [0, 0.1) is 17.8 Å². The number of carboxylic acids is 1. The van der Waals surface area contributed by atoms with E-state index < -0.39 is 5.97 Å². The fourth-order valence-electron chi connectivity index (χ4n) is 7.25. The van der Waals surface area contributed by atoms with Crippen molar-refractivity contribution in [3.8, 4) is 0 Å². The Kier molecular flexibility index (Phi) is 5.60. The SMILES string of the molecule is O=C(O)/C=C/c1ccccc1Nc1ccc(Nc2ccc(C34CC5CC(CC(C5)C3)C4)cc2)cc1. The molecule has 4 saturated carbocycles. The van der Waals surface area contributed by atoms with Crippen LogP contribution in [0.25, 0.3) is 6.08 Å². The Balaban J connectivity index is 1.12. The lowest BCUT2D eigenvalue weighted by Gasteiger charge is -2.57. The molecule has 3 aromatic rings. The number of carbonyl (C=O) groups is 1. The molecule has 0 amide bonds. The molecule has 7 rings (SSSR count). The van der Waals surface area contributed by atoms with Gasteiger partial charge in [-0.1, -0.05) is 30.3 Å². The Hall–Kier alpha value is -3.53.